The molecule has 0 bridgehead atoms. The first-order chi connectivity index (χ1) is 9.45. The van der Waals surface area contributed by atoms with Crippen LogP contribution in [0.3, 0.4) is 0 Å². The zero-order valence-electron chi connectivity index (χ0n) is 11.4. The number of Topliss-reactive ketones (excluding diaryl/α,β-unsaturated/α-hetero) is 2. The van der Waals surface area contributed by atoms with Crippen LogP contribution in [-0.2, 0) is 14.3 Å². The van der Waals surface area contributed by atoms with E-state index in [2.05, 4.69) is 20.9 Å². The Morgan fingerprint density at radius 1 is 1.35 bits per heavy atom. The van der Waals surface area contributed by atoms with Crippen LogP contribution in [0.2, 0.25) is 0 Å². The summed E-state index contributed by atoms with van der Waals surface area (Å²) >= 11 is 3.23. The first kappa shape index (κ1) is 16.5. The van der Waals surface area contributed by atoms with Gasteiger partial charge in [-0.15, -0.1) is 0 Å². The number of ether oxygens (including phenoxy) is 1. The van der Waals surface area contributed by atoms with Crippen LogP contribution < -0.4 is 0 Å². The van der Waals surface area contributed by atoms with Gasteiger partial charge in [0.15, 0.2) is 5.78 Å². The quantitative estimate of drug-likeness (QED) is 0.433. The Morgan fingerprint density at radius 3 is 2.60 bits per heavy atom. The molecule has 1 aromatic heterocycles. The number of carbonyl (C=O) groups excluding carboxylic acids is 3. The van der Waals surface area contributed by atoms with Crippen molar-refractivity contribution in [2.24, 2.45) is 5.92 Å². The maximum Gasteiger partial charge on any atom is 0.305 e. The first-order valence-corrected chi connectivity index (χ1v) is 7.05. The maximum atomic E-state index is 12.3. The summed E-state index contributed by atoms with van der Waals surface area (Å²) in [4.78, 5) is 39.1. The monoisotopic (exact) mass is 341 g/mol. The smallest absolute Gasteiger partial charge is 0.305 e. The van der Waals surface area contributed by atoms with Crippen LogP contribution in [0, 0.1) is 5.92 Å². The predicted octanol–water partition coefficient (Wildman–Crippen LogP) is 2.58. The Kier molecular flexibility index (Phi) is 6.51. The molecule has 0 spiro atoms. The third kappa shape index (κ3) is 4.85. The number of carbonyl (C=O) groups is 3. The van der Waals surface area contributed by atoms with Crippen molar-refractivity contribution in [3.63, 3.8) is 0 Å². The zero-order chi connectivity index (χ0) is 15.1. The van der Waals surface area contributed by atoms with Crippen molar-refractivity contribution in [3.8, 4) is 0 Å². The molecule has 1 unspecified atom stereocenters. The summed E-state index contributed by atoms with van der Waals surface area (Å²) in [7, 11) is 0. The van der Waals surface area contributed by atoms with Gasteiger partial charge in [0, 0.05) is 28.9 Å². The van der Waals surface area contributed by atoms with Gasteiger partial charge in [-0.05, 0) is 42.3 Å². The molecule has 0 amide bonds. The highest BCUT2D eigenvalue weighted by Crippen LogP contribution is 2.18. The van der Waals surface area contributed by atoms with E-state index in [1.54, 1.807) is 19.2 Å². The molecule has 0 saturated heterocycles. The fraction of sp³-hybridized carbons (Fsp3) is 0.429. The van der Waals surface area contributed by atoms with Crippen LogP contribution in [0.15, 0.2) is 22.9 Å². The van der Waals surface area contributed by atoms with Crippen LogP contribution in [-0.4, -0.2) is 29.1 Å². The standard InChI is InChI=1S/C14H16BrNO4/c1-3-20-13(18)5-4-12(9(2)17)14(19)10-6-11(15)8-16-7-10/h6-8,12H,3-5H2,1-2H3. The highest BCUT2D eigenvalue weighted by molar-refractivity contribution is 9.10. The second kappa shape index (κ2) is 7.89. The summed E-state index contributed by atoms with van der Waals surface area (Å²) in [6.45, 7) is 3.34. The molecule has 0 aliphatic heterocycles. The minimum absolute atomic E-state index is 0.0469. The Hall–Kier alpha value is -1.56. The number of hydrogen-bond donors (Lipinski definition) is 0. The molecular weight excluding hydrogens is 326 g/mol. The molecule has 0 saturated carbocycles. The lowest BCUT2D eigenvalue weighted by molar-refractivity contribution is -0.143. The molecule has 20 heavy (non-hydrogen) atoms. The number of hydrogen-bond acceptors (Lipinski definition) is 5. The highest BCUT2D eigenvalue weighted by atomic mass is 79.9. The second-order valence-electron chi connectivity index (χ2n) is 4.26. The number of nitrogens with zero attached hydrogens (tertiary/aromatic N) is 1. The van der Waals surface area contributed by atoms with Crippen LogP contribution in [0.4, 0.5) is 0 Å². The zero-order valence-corrected chi connectivity index (χ0v) is 13.0. The molecule has 1 aromatic rings. The molecule has 1 rings (SSSR count). The van der Waals surface area contributed by atoms with E-state index in [1.165, 1.54) is 13.1 Å². The number of halogens is 1. The van der Waals surface area contributed by atoms with Gasteiger partial charge in [0.25, 0.3) is 0 Å². The van der Waals surface area contributed by atoms with Crippen LogP contribution in [0.25, 0.3) is 0 Å². The van der Waals surface area contributed by atoms with Crippen molar-refractivity contribution in [1.82, 2.24) is 4.98 Å². The van der Waals surface area contributed by atoms with E-state index in [4.69, 9.17) is 4.74 Å². The van der Waals surface area contributed by atoms with Gasteiger partial charge in [0.1, 0.15) is 5.78 Å². The lowest BCUT2D eigenvalue weighted by Crippen LogP contribution is -2.23. The Morgan fingerprint density at radius 2 is 2.05 bits per heavy atom. The largest absolute Gasteiger partial charge is 0.466 e. The number of pyridine rings is 1. The number of rotatable bonds is 7. The van der Waals surface area contributed by atoms with Crippen molar-refractivity contribution in [1.29, 1.82) is 0 Å². The normalized spacial score (nSPS) is 11.8. The van der Waals surface area contributed by atoms with Gasteiger partial charge in [0.05, 0.1) is 12.5 Å². The molecule has 0 aliphatic rings. The molecule has 0 fully saturated rings. The highest BCUT2D eigenvalue weighted by Gasteiger charge is 2.25. The summed E-state index contributed by atoms with van der Waals surface area (Å²) in [6, 6.07) is 1.61. The molecule has 0 aromatic carbocycles. The van der Waals surface area contributed by atoms with Crippen molar-refractivity contribution in [2.75, 3.05) is 6.61 Å². The van der Waals surface area contributed by atoms with Gasteiger partial charge in [0.2, 0.25) is 0 Å². The SMILES string of the molecule is CCOC(=O)CCC(C(C)=O)C(=O)c1cncc(Br)c1. The van der Waals surface area contributed by atoms with Gasteiger partial charge in [-0.25, -0.2) is 0 Å². The third-order valence-corrected chi connectivity index (χ3v) is 3.17. The van der Waals surface area contributed by atoms with Gasteiger partial charge in [-0.1, -0.05) is 0 Å². The molecule has 108 valence electrons. The second-order valence-corrected chi connectivity index (χ2v) is 5.18. The van der Waals surface area contributed by atoms with E-state index in [0.717, 1.165) is 0 Å². The molecule has 5 nitrogen and oxygen atoms in total. The van der Waals surface area contributed by atoms with Gasteiger partial charge >= 0.3 is 5.97 Å². The van der Waals surface area contributed by atoms with Crippen LogP contribution >= 0.6 is 15.9 Å². The van der Waals surface area contributed by atoms with Crippen molar-refractivity contribution >= 4 is 33.5 Å². The fourth-order valence-corrected chi connectivity index (χ4v) is 2.13. The van der Waals surface area contributed by atoms with Crippen molar-refractivity contribution < 1.29 is 19.1 Å². The number of aromatic nitrogens is 1. The van der Waals surface area contributed by atoms with E-state index >= 15 is 0 Å². The van der Waals surface area contributed by atoms with Gasteiger partial charge in [-0.3, -0.25) is 19.4 Å². The van der Waals surface area contributed by atoms with Gasteiger partial charge < -0.3 is 4.74 Å². The summed E-state index contributed by atoms with van der Waals surface area (Å²) < 4.78 is 5.46. The summed E-state index contributed by atoms with van der Waals surface area (Å²) in [6.07, 6.45) is 3.16. The molecule has 1 atom stereocenters. The summed E-state index contributed by atoms with van der Waals surface area (Å²) in [5, 5.41) is 0. The van der Waals surface area contributed by atoms with E-state index in [0.29, 0.717) is 10.0 Å². The molecule has 0 aliphatic carbocycles. The Bertz CT molecular complexity index is 516. The number of ketones is 2. The van der Waals surface area contributed by atoms with E-state index in [9.17, 15) is 14.4 Å². The Labute approximate surface area is 125 Å². The van der Waals surface area contributed by atoms with E-state index in [1.807, 2.05) is 0 Å². The van der Waals surface area contributed by atoms with E-state index < -0.39 is 11.9 Å². The Balaban J connectivity index is 2.78. The lowest BCUT2D eigenvalue weighted by atomic mass is 9.91. The van der Waals surface area contributed by atoms with Crippen LogP contribution in [0.1, 0.15) is 37.0 Å². The fourth-order valence-electron chi connectivity index (χ4n) is 1.76. The number of esters is 1. The molecule has 1 heterocycles. The predicted molar refractivity (Wildman–Crippen MR) is 76.3 cm³/mol. The minimum atomic E-state index is -0.837. The molecule has 0 N–H and O–H groups in total. The molecule has 0 radical (unpaired) electrons. The van der Waals surface area contributed by atoms with Crippen LogP contribution in [0.5, 0.6) is 0 Å². The average molecular weight is 342 g/mol. The van der Waals surface area contributed by atoms with Crippen molar-refractivity contribution in [3.05, 3.63) is 28.5 Å². The van der Waals surface area contributed by atoms with E-state index in [-0.39, 0.29) is 31.0 Å². The lowest BCUT2D eigenvalue weighted by Gasteiger charge is -2.12. The molecule has 6 heteroatoms. The first-order valence-electron chi connectivity index (χ1n) is 6.26. The van der Waals surface area contributed by atoms with Gasteiger partial charge in [-0.2, -0.15) is 0 Å². The third-order valence-electron chi connectivity index (χ3n) is 2.74. The van der Waals surface area contributed by atoms with Crippen molar-refractivity contribution in [2.45, 2.75) is 26.7 Å². The average Bonchev–Trinajstić information content (AvgIpc) is 2.38. The maximum absolute atomic E-state index is 12.3. The minimum Gasteiger partial charge on any atom is -0.466 e. The summed E-state index contributed by atoms with van der Waals surface area (Å²) in [5.41, 5.74) is 0.350. The molecular formula is C14H16BrNO4. The topological polar surface area (TPSA) is 73.3 Å². The summed E-state index contributed by atoms with van der Waals surface area (Å²) in [5.74, 6) is -1.83.